The normalized spacial score (nSPS) is 25.1. The number of hydrogen-bond acceptors (Lipinski definition) is 3. The van der Waals surface area contributed by atoms with Gasteiger partial charge in [-0.25, -0.2) is 18.0 Å². The van der Waals surface area contributed by atoms with Crippen LogP contribution in [0.3, 0.4) is 0 Å². The highest BCUT2D eigenvalue weighted by Gasteiger charge is 2.46. The molecule has 1 atom stereocenters. The summed E-state index contributed by atoms with van der Waals surface area (Å²) in [6, 6.07) is 4.90. The molecule has 0 amide bonds. The van der Waals surface area contributed by atoms with E-state index in [1.807, 2.05) is 6.92 Å². The lowest BCUT2D eigenvalue weighted by atomic mass is 9.80. The highest BCUT2D eigenvalue weighted by atomic mass is 19.3. The predicted octanol–water partition coefficient (Wildman–Crippen LogP) is 5.38. The van der Waals surface area contributed by atoms with Crippen LogP contribution in [-0.4, -0.2) is 35.7 Å². The van der Waals surface area contributed by atoms with E-state index >= 15 is 0 Å². The topological polar surface area (TPSA) is 43.3 Å². The third kappa shape index (κ3) is 3.84. The lowest BCUT2D eigenvalue weighted by molar-refractivity contribution is -0.0957. The van der Waals surface area contributed by atoms with Gasteiger partial charge in [-0.15, -0.1) is 0 Å². The molecule has 4 nitrogen and oxygen atoms in total. The molecule has 2 aliphatic carbocycles. The molecule has 0 spiro atoms. The van der Waals surface area contributed by atoms with Crippen molar-refractivity contribution in [3.63, 3.8) is 0 Å². The Kier molecular flexibility index (Phi) is 5.60. The predicted molar refractivity (Wildman–Crippen MR) is 110 cm³/mol. The largest absolute Gasteiger partial charge is 0.465 e. The van der Waals surface area contributed by atoms with E-state index in [1.54, 1.807) is 6.07 Å². The zero-order valence-corrected chi connectivity index (χ0v) is 17.7. The molecule has 164 valence electrons. The van der Waals surface area contributed by atoms with E-state index in [2.05, 4.69) is 16.8 Å². The number of aromatic nitrogens is 1. The standard InChI is InChI=1S/C23H29F3N2O2/c1-13(15-4-7-17(8-5-15)27-18-11-23(25,26)12-18)28-14(2)21(22(29)30-3)19-10-16(24)6-9-20(19)28/h6,9-10,13,15,17-18,27H,4-5,7-8,11-12H2,1-3H3/t13-,15?,17?/m1/s1. The average molecular weight is 422 g/mol. The van der Waals surface area contributed by atoms with Gasteiger partial charge in [0, 0.05) is 47.6 Å². The highest BCUT2D eigenvalue weighted by molar-refractivity contribution is 6.06. The Morgan fingerprint density at radius 1 is 1.20 bits per heavy atom. The van der Waals surface area contributed by atoms with Crippen LogP contribution in [0, 0.1) is 18.7 Å². The van der Waals surface area contributed by atoms with Crippen LogP contribution < -0.4 is 5.32 Å². The van der Waals surface area contributed by atoms with E-state index in [4.69, 9.17) is 4.74 Å². The first-order chi connectivity index (χ1) is 14.2. The van der Waals surface area contributed by atoms with Gasteiger partial charge in [0.25, 0.3) is 5.92 Å². The van der Waals surface area contributed by atoms with Crippen molar-refractivity contribution in [2.45, 2.75) is 76.4 Å². The van der Waals surface area contributed by atoms with Crippen LogP contribution in [0.1, 0.15) is 67.5 Å². The fraction of sp³-hybridized carbons (Fsp3) is 0.609. The Morgan fingerprint density at radius 3 is 2.47 bits per heavy atom. The number of hydrogen-bond donors (Lipinski definition) is 1. The van der Waals surface area contributed by atoms with Crippen LogP contribution in [0.5, 0.6) is 0 Å². The number of esters is 1. The second kappa shape index (κ2) is 7.91. The number of fused-ring (bicyclic) bond motifs is 1. The van der Waals surface area contributed by atoms with Gasteiger partial charge in [0.1, 0.15) is 5.82 Å². The second-order valence-electron chi connectivity index (χ2n) is 8.96. The number of halogens is 3. The van der Waals surface area contributed by atoms with Gasteiger partial charge in [-0.2, -0.15) is 0 Å². The molecule has 2 saturated carbocycles. The van der Waals surface area contributed by atoms with E-state index in [1.165, 1.54) is 19.2 Å². The summed E-state index contributed by atoms with van der Waals surface area (Å²) in [6.45, 7) is 4.02. The summed E-state index contributed by atoms with van der Waals surface area (Å²) in [7, 11) is 1.33. The minimum absolute atomic E-state index is 0.0508. The van der Waals surface area contributed by atoms with E-state index in [9.17, 15) is 18.0 Å². The number of rotatable bonds is 5. The van der Waals surface area contributed by atoms with Crippen LogP contribution in [0.25, 0.3) is 10.9 Å². The number of carbonyl (C=O) groups excluding carboxylic acids is 1. The molecule has 0 saturated heterocycles. The molecule has 7 heteroatoms. The van der Waals surface area contributed by atoms with Gasteiger partial charge in [0.2, 0.25) is 0 Å². The molecule has 30 heavy (non-hydrogen) atoms. The Bertz CT molecular complexity index is 940. The van der Waals surface area contributed by atoms with Gasteiger partial charge < -0.3 is 14.6 Å². The minimum atomic E-state index is -2.49. The van der Waals surface area contributed by atoms with Crippen LogP contribution in [0.2, 0.25) is 0 Å². The first kappa shape index (κ1) is 21.2. The monoisotopic (exact) mass is 422 g/mol. The Labute approximate surface area is 174 Å². The number of ether oxygens (including phenoxy) is 1. The Morgan fingerprint density at radius 2 is 1.87 bits per heavy atom. The fourth-order valence-corrected chi connectivity index (χ4v) is 5.39. The van der Waals surface area contributed by atoms with Gasteiger partial charge in [-0.1, -0.05) is 0 Å². The van der Waals surface area contributed by atoms with Gasteiger partial charge in [-0.3, -0.25) is 0 Å². The lowest BCUT2D eigenvalue weighted by Crippen LogP contribution is -2.52. The summed E-state index contributed by atoms with van der Waals surface area (Å²) in [5, 5.41) is 3.97. The smallest absolute Gasteiger partial charge is 0.340 e. The summed E-state index contributed by atoms with van der Waals surface area (Å²) in [6.07, 6.45) is 3.77. The molecule has 1 aromatic carbocycles. The molecular formula is C23H29F3N2O2. The van der Waals surface area contributed by atoms with Gasteiger partial charge >= 0.3 is 5.97 Å². The number of alkyl halides is 2. The first-order valence-corrected chi connectivity index (χ1v) is 10.7. The number of nitrogens with zero attached hydrogens (tertiary/aromatic N) is 1. The van der Waals surface area contributed by atoms with Crippen molar-refractivity contribution >= 4 is 16.9 Å². The van der Waals surface area contributed by atoms with Gasteiger partial charge in [-0.05, 0) is 63.6 Å². The molecule has 0 unspecified atom stereocenters. The van der Waals surface area contributed by atoms with Crippen LogP contribution >= 0.6 is 0 Å². The molecule has 0 bridgehead atoms. The molecule has 1 heterocycles. The quantitative estimate of drug-likeness (QED) is 0.658. The van der Waals surface area contributed by atoms with E-state index in [0.29, 0.717) is 16.9 Å². The molecule has 1 N–H and O–H groups in total. The molecule has 1 aromatic heterocycles. The highest BCUT2D eigenvalue weighted by Crippen LogP contribution is 2.41. The van der Waals surface area contributed by atoms with Crippen molar-refractivity contribution in [1.82, 2.24) is 9.88 Å². The second-order valence-corrected chi connectivity index (χ2v) is 8.96. The van der Waals surface area contributed by atoms with Crippen LogP contribution in [-0.2, 0) is 4.74 Å². The Balaban J connectivity index is 1.51. The summed E-state index contributed by atoms with van der Waals surface area (Å²) in [5.41, 5.74) is 2.03. The molecule has 2 aromatic rings. The summed E-state index contributed by atoms with van der Waals surface area (Å²) < 4.78 is 47.1. The number of benzene rings is 1. The maximum absolute atomic E-state index is 13.9. The Hall–Kier alpha value is -2.02. The maximum atomic E-state index is 13.9. The average Bonchev–Trinajstić information content (AvgIpc) is 2.97. The molecule has 0 radical (unpaired) electrons. The van der Waals surface area contributed by atoms with E-state index < -0.39 is 11.9 Å². The van der Waals surface area contributed by atoms with Gasteiger partial charge in [0.15, 0.2) is 0 Å². The van der Waals surface area contributed by atoms with Crippen molar-refractivity contribution in [2.24, 2.45) is 5.92 Å². The number of nitrogens with one attached hydrogen (secondary N) is 1. The zero-order valence-electron chi connectivity index (χ0n) is 17.7. The third-order valence-electron chi connectivity index (χ3n) is 7.02. The summed E-state index contributed by atoms with van der Waals surface area (Å²) in [4.78, 5) is 12.4. The van der Waals surface area contributed by atoms with Crippen LogP contribution in [0.15, 0.2) is 18.2 Å². The molecule has 2 aliphatic rings. The third-order valence-corrected chi connectivity index (χ3v) is 7.02. The molecular weight excluding hydrogens is 393 g/mol. The van der Waals surface area contributed by atoms with Crippen molar-refractivity contribution in [1.29, 1.82) is 0 Å². The SMILES string of the molecule is COC(=O)c1c(C)n([C@H](C)C2CCC(NC3CC(F)(F)C3)CC2)c2ccc(F)cc12. The summed E-state index contributed by atoms with van der Waals surface area (Å²) in [5.74, 6) is -2.94. The van der Waals surface area contributed by atoms with Crippen molar-refractivity contribution in [3.05, 3.63) is 35.3 Å². The number of carbonyl (C=O) groups is 1. The van der Waals surface area contributed by atoms with Crippen LogP contribution in [0.4, 0.5) is 13.2 Å². The van der Waals surface area contributed by atoms with Crippen molar-refractivity contribution < 1.29 is 22.7 Å². The summed E-state index contributed by atoms with van der Waals surface area (Å²) >= 11 is 0. The van der Waals surface area contributed by atoms with E-state index in [0.717, 1.165) is 36.9 Å². The number of methoxy groups -OCH3 is 1. The minimum Gasteiger partial charge on any atom is -0.465 e. The lowest BCUT2D eigenvalue weighted by Gasteiger charge is -2.41. The molecule has 0 aliphatic heterocycles. The fourth-order valence-electron chi connectivity index (χ4n) is 5.39. The first-order valence-electron chi connectivity index (χ1n) is 10.7. The van der Waals surface area contributed by atoms with E-state index in [-0.39, 0.29) is 36.8 Å². The van der Waals surface area contributed by atoms with Crippen molar-refractivity contribution in [3.8, 4) is 0 Å². The molecule has 4 rings (SSSR count). The maximum Gasteiger partial charge on any atom is 0.340 e. The zero-order chi connectivity index (χ0) is 21.6. The molecule has 2 fully saturated rings. The van der Waals surface area contributed by atoms with Gasteiger partial charge in [0.05, 0.1) is 12.7 Å². The van der Waals surface area contributed by atoms with Crippen molar-refractivity contribution in [2.75, 3.05) is 7.11 Å².